The number of aliphatic hydroxyl groups excluding tert-OH is 1. The van der Waals surface area contributed by atoms with Crippen LogP contribution in [0.25, 0.3) is 0 Å². The molecule has 28 heavy (non-hydrogen) atoms. The number of aliphatic hydroxyl groups is 1. The summed E-state index contributed by atoms with van der Waals surface area (Å²) >= 11 is 0. The smallest absolute Gasteiger partial charge is 0.0431 e. The molecule has 7 atom stereocenters. The van der Waals surface area contributed by atoms with E-state index < -0.39 is 0 Å². The predicted molar refractivity (Wildman–Crippen MR) is 116 cm³/mol. The molecule has 4 rings (SSSR count). The van der Waals surface area contributed by atoms with Gasteiger partial charge in [0, 0.05) is 44.3 Å². The van der Waals surface area contributed by atoms with Crippen LogP contribution in [0.15, 0.2) is 0 Å². The van der Waals surface area contributed by atoms with Crippen molar-refractivity contribution in [2.24, 2.45) is 40.4 Å². The molecule has 169 valence electrons. The normalized spacial score (nSPS) is 44.2. The Hall–Kier alpha value is 1.22. The Labute approximate surface area is 206 Å². The van der Waals surface area contributed by atoms with E-state index in [-0.39, 0.29) is 37.7 Å². The van der Waals surface area contributed by atoms with Gasteiger partial charge >= 0.3 is 0 Å². The van der Waals surface area contributed by atoms with Crippen LogP contribution in [0.1, 0.15) is 111 Å². The van der Waals surface area contributed by atoms with Gasteiger partial charge in [0.05, 0.1) is 0 Å². The number of hydrogen-bond acceptors (Lipinski definition) is 1. The minimum atomic E-state index is 0. The van der Waals surface area contributed by atoms with Gasteiger partial charge in [0.25, 0.3) is 0 Å². The molecular weight excluding hydrogens is 493 g/mol. The fourth-order valence-electron chi connectivity index (χ4n) is 8.13. The number of unbranched alkanes of at least 4 members (excludes halogenated alkanes) is 1. The van der Waals surface area contributed by atoms with Gasteiger partial charge in [-0.15, -0.1) is 0 Å². The molecule has 0 amide bonds. The zero-order chi connectivity index (χ0) is 19.5. The molecule has 1 N–H and O–H groups in total. The van der Waals surface area contributed by atoms with Crippen LogP contribution in [0.5, 0.6) is 0 Å². The zero-order valence-electron chi connectivity index (χ0n) is 19.1. The van der Waals surface area contributed by atoms with Crippen molar-refractivity contribution in [1.29, 1.82) is 0 Å². The Morgan fingerprint density at radius 3 is 2.32 bits per heavy atom. The quantitative estimate of drug-likeness (QED) is 0.223. The van der Waals surface area contributed by atoms with Crippen molar-refractivity contribution in [2.75, 3.05) is 6.61 Å². The second kappa shape index (κ2) is 11.2. The van der Waals surface area contributed by atoms with Gasteiger partial charge in [-0.3, -0.25) is 0 Å². The molecule has 0 aromatic carbocycles. The number of hydrogen-bond donors (Lipinski definition) is 1. The monoisotopic (exact) mass is 540 g/mol. The molecule has 0 saturated heterocycles. The summed E-state index contributed by atoms with van der Waals surface area (Å²) in [6.45, 7) is 9.97. The molecule has 4 aliphatic carbocycles. The minimum Gasteiger partial charge on any atom is -0.396 e. The van der Waals surface area contributed by atoms with Crippen molar-refractivity contribution in [1.82, 2.24) is 0 Å². The van der Waals surface area contributed by atoms with Crippen molar-refractivity contribution >= 4 is 0 Å². The van der Waals surface area contributed by atoms with Crippen molar-refractivity contribution in [3.8, 4) is 0 Å². The minimum absolute atomic E-state index is 0. The second-order valence-electron chi connectivity index (χ2n) is 11.0. The van der Waals surface area contributed by atoms with E-state index in [2.05, 4.69) is 34.1 Å². The van der Waals surface area contributed by atoms with Crippen LogP contribution in [0.3, 0.4) is 0 Å². The standard InChI is InChI=1S/C23H39O.C3H8.Ho/c1-22-14-5-3-7-17(22)9-11-19-20-12-10-18(8-4-6-16-24)23(20,2)15-13-21(19)22;1-3-2;/h3,17-21,24H,4-16H2,1-2H3;3H2,1-2H3;/q-1;;. The fraction of sp³-hybridized carbons (Fsp3) is 0.962. The van der Waals surface area contributed by atoms with Crippen LogP contribution in [0.4, 0.5) is 0 Å². The number of rotatable bonds is 4. The van der Waals surface area contributed by atoms with Crippen LogP contribution in [-0.2, 0) is 0 Å². The Balaban J connectivity index is 0.000000660. The molecule has 1 radical (unpaired) electrons. The van der Waals surface area contributed by atoms with Crippen molar-refractivity contribution < 1.29 is 42.8 Å². The SMILES string of the molecule is CC12CC[CH-]CC1CCC1C2CCC2(C)C(CCCCO)CCC12.CCC.[Ho]. The summed E-state index contributed by atoms with van der Waals surface area (Å²) in [4.78, 5) is 0. The Bertz CT molecular complexity index is 465. The molecular formula is C26H47HoO-. The van der Waals surface area contributed by atoms with Crippen LogP contribution in [0, 0.1) is 84.6 Å². The Kier molecular flexibility index (Phi) is 10.2. The number of fused-ring (bicyclic) bond motifs is 5. The van der Waals surface area contributed by atoms with Crippen LogP contribution in [-0.4, -0.2) is 11.7 Å². The molecule has 0 aromatic heterocycles. The first kappa shape index (κ1) is 25.5. The third-order valence-corrected chi connectivity index (χ3v) is 9.56. The van der Waals surface area contributed by atoms with Crippen LogP contribution in [0.2, 0.25) is 0 Å². The van der Waals surface area contributed by atoms with Crippen LogP contribution < -0.4 is 0 Å². The summed E-state index contributed by atoms with van der Waals surface area (Å²) in [6.07, 6.45) is 20.8. The summed E-state index contributed by atoms with van der Waals surface area (Å²) in [5.74, 6) is 5.02. The summed E-state index contributed by atoms with van der Waals surface area (Å²) < 4.78 is 0. The Morgan fingerprint density at radius 2 is 1.61 bits per heavy atom. The van der Waals surface area contributed by atoms with Gasteiger partial charge in [-0.25, -0.2) is 0 Å². The predicted octanol–water partition coefficient (Wildman–Crippen LogP) is 7.43. The molecule has 0 heterocycles. The molecule has 0 spiro atoms. The third kappa shape index (κ3) is 4.83. The molecule has 0 aliphatic heterocycles. The third-order valence-electron chi connectivity index (χ3n) is 9.56. The maximum Gasteiger partial charge on any atom is 0.0431 e. The Morgan fingerprint density at radius 1 is 0.893 bits per heavy atom. The van der Waals surface area contributed by atoms with E-state index in [1.54, 1.807) is 0 Å². The molecule has 4 fully saturated rings. The maximum atomic E-state index is 9.13. The van der Waals surface area contributed by atoms with E-state index in [0.29, 0.717) is 17.4 Å². The van der Waals surface area contributed by atoms with E-state index in [0.717, 1.165) is 36.0 Å². The molecule has 4 aliphatic rings. The van der Waals surface area contributed by atoms with Gasteiger partial charge in [-0.1, -0.05) is 59.3 Å². The van der Waals surface area contributed by atoms with E-state index in [9.17, 15) is 0 Å². The summed E-state index contributed by atoms with van der Waals surface area (Å²) in [5, 5.41) is 9.13. The largest absolute Gasteiger partial charge is 0.396 e. The molecule has 2 heteroatoms. The fourth-order valence-corrected chi connectivity index (χ4v) is 8.13. The van der Waals surface area contributed by atoms with Gasteiger partial charge in [0.2, 0.25) is 0 Å². The molecule has 7 unspecified atom stereocenters. The van der Waals surface area contributed by atoms with Gasteiger partial charge in [0.15, 0.2) is 0 Å². The van der Waals surface area contributed by atoms with E-state index >= 15 is 0 Å². The molecule has 1 nitrogen and oxygen atoms in total. The van der Waals surface area contributed by atoms with E-state index in [1.807, 2.05) is 0 Å². The van der Waals surface area contributed by atoms with Gasteiger partial charge in [0.1, 0.15) is 0 Å². The topological polar surface area (TPSA) is 20.2 Å². The average molecular weight is 541 g/mol. The summed E-state index contributed by atoms with van der Waals surface area (Å²) in [7, 11) is 0. The van der Waals surface area contributed by atoms with Crippen molar-refractivity contribution in [3.63, 3.8) is 0 Å². The first-order chi connectivity index (χ1) is 13.0. The summed E-state index contributed by atoms with van der Waals surface area (Å²) in [6, 6.07) is 0. The van der Waals surface area contributed by atoms with E-state index in [4.69, 9.17) is 5.11 Å². The van der Waals surface area contributed by atoms with Gasteiger partial charge < -0.3 is 11.5 Å². The second-order valence-corrected chi connectivity index (χ2v) is 11.0. The molecule has 4 saturated carbocycles. The van der Waals surface area contributed by atoms with Gasteiger partial charge in [-0.2, -0.15) is 12.8 Å². The van der Waals surface area contributed by atoms with Crippen molar-refractivity contribution in [3.05, 3.63) is 6.42 Å². The first-order valence-corrected chi connectivity index (χ1v) is 12.4. The first-order valence-electron chi connectivity index (χ1n) is 12.4. The average Bonchev–Trinajstić information content (AvgIpc) is 2.99. The van der Waals surface area contributed by atoms with E-state index in [1.165, 1.54) is 77.0 Å². The van der Waals surface area contributed by atoms with Crippen molar-refractivity contribution in [2.45, 2.75) is 111 Å². The van der Waals surface area contributed by atoms with Gasteiger partial charge in [-0.05, 0) is 79.4 Å². The zero-order valence-corrected chi connectivity index (χ0v) is 21.0. The summed E-state index contributed by atoms with van der Waals surface area (Å²) in [5.41, 5.74) is 1.29. The van der Waals surface area contributed by atoms with Crippen LogP contribution >= 0.6 is 0 Å². The molecule has 0 bridgehead atoms. The molecule has 0 aromatic rings. The maximum absolute atomic E-state index is 9.13.